The molecule has 4 rings (SSSR count). The molecule has 0 radical (unpaired) electrons. The first-order valence-corrected chi connectivity index (χ1v) is 9.53. The lowest BCUT2D eigenvalue weighted by Crippen LogP contribution is -2.42. The topological polar surface area (TPSA) is 87.2 Å². The van der Waals surface area contributed by atoms with Gasteiger partial charge in [-0.2, -0.15) is 5.10 Å². The summed E-state index contributed by atoms with van der Waals surface area (Å²) in [6.45, 7) is 4.14. The smallest absolute Gasteiger partial charge is 0.191 e. The van der Waals surface area contributed by atoms with Crippen LogP contribution in [0.15, 0.2) is 59.9 Å². The van der Waals surface area contributed by atoms with Crippen LogP contribution < -0.4 is 15.4 Å². The summed E-state index contributed by atoms with van der Waals surface area (Å²) >= 11 is 0. The Morgan fingerprint density at radius 2 is 2.14 bits per heavy atom. The molecule has 28 heavy (non-hydrogen) atoms. The SMILES string of the molecule is CCNC(=NCc1cccc(-c2ncn[nH]2)c1)NCC1Cc2ccccc2O1. The minimum absolute atomic E-state index is 0.121. The van der Waals surface area contributed by atoms with Gasteiger partial charge in [-0.25, -0.2) is 9.98 Å². The van der Waals surface area contributed by atoms with E-state index in [4.69, 9.17) is 9.73 Å². The van der Waals surface area contributed by atoms with Gasteiger partial charge >= 0.3 is 0 Å². The number of para-hydroxylation sites is 1. The molecule has 1 aliphatic heterocycles. The molecule has 1 unspecified atom stereocenters. The van der Waals surface area contributed by atoms with Crippen molar-refractivity contribution in [3.8, 4) is 17.1 Å². The van der Waals surface area contributed by atoms with Crippen molar-refractivity contribution in [1.29, 1.82) is 0 Å². The van der Waals surface area contributed by atoms with Crippen LogP contribution in [0.4, 0.5) is 0 Å². The van der Waals surface area contributed by atoms with Gasteiger partial charge in [-0.3, -0.25) is 5.10 Å². The molecule has 3 N–H and O–H groups in total. The Balaban J connectivity index is 1.37. The number of H-pyrrole nitrogens is 1. The molecule has 2 aromatic carbocycles. The van der Waals surface area contributed by atoms with E-state index in [1.165, 1.54) is 11.9 Å². The Morgan fingerprint density at radius 1 is 1.21 bits per heavy atom. The molecular formula is C21H24N6O. The lowest BCUT2D eigenvalue weighted by Gasteiger charge is -2.15. The van der Waals surface area contributed by atoms with Crippen molar-refractivity contribution in [2.45, 2.75) is 26.0 Å². The zero-order valence-corrected chi connectivity index (χ0v) is 15.9. The minimum atomic E-state index is 0.121. The van der Waals surface area contributed by atoms with E-state index in [1.807, 2.05) is 24.3 Å². The largest absolute Gasteiger partial charge is 0.488 e. The van der Waals surface area contributed by atoms with Crippen molar-refractivity contribution in [3.05, 3.63) is 66.0 Å². The van der Waals surface area contributed by atoms with Crippen molar-refractivity contribution >= 4 is 5.96 Å². The van der Waals surface area contributed by atoms with Crippen molar-refractivity contribution in [2.24, 2.45) is 4.99 Å². The Hall–Kier alpha value is -3.35. The minimum Gasteiger partial charge on any atom is -0.488 e. The molecule has 0 bridgehead atoms. The second-order valence-electron chi connectivity index (χ2n) is 6.66. The lowest BCUT2D eigenvalue weighted by atomic mass is 10.1. The Bertz CT molecular complexity index is 913. The van der Waals surface area contributed by atoms with E-state index >= 15 is 0 Å². The van der Waals surface area contributed by atoms with Crippen LogP contribution in [0.2, 0.25) is 0 Å². The number of rotatable bonds is 6. The van der Waals surface area contributed by atoms with Crippen molar-refractivity contribution in [2.75, 3.05) is 13.1 Å². The molecule has 144 valence electrons. The summed E-state index contributed by atoms with van der Waals surface area (Å²) in [7, 11) is 0. The van der Waals surface area contributed by atoms with E-state index in [1.54, 1.807) is 0 Å². The monoisotopic (exact) mass is 376 g/mol. The van der Waals surface area contributed by atoms with Crippen LogP contribution in [-0.4, -0.2) is 40.3 Å². The maximum absolute atomic E-state index is 5.99. The standard InChI is InChI=1S/C21H24N6O/c1-2-22-21(24-13-18-11-16-7-3-4-9-19(16)28-18)23-12-15-6-5-8-17(10-15)20-25-14-26-27-20/h3-10,14,18H,2,11-13H2,1H3,(H2,22,23,24)(H,25,26,27). The van der Waals surface area contributed by atoms with Crippen molar-refractivity contribution in [1.82, 2.24) is 25.8 Å². The maximum Gasteiger partial charge on any atom is 0.191 e. The summed E-state index contributed by atoms with van der Waals surface area (Å²) in [5.41, 5.74) is 3.37. The van der Waals surface area contributed by atoms with E-state index in [9.17, 15) is 0 Å². The lowest BCUT2D eigenvalue weighted by molar-refractivity contribution is 0.235. The van der Waals surface area contributed by atoms with Gasteiger partial charge in [0.15, 0.2) is 11.8 Å². The molecule has 7 nitrogen and oxygen atoms in total. The van der Waals surface area contributed by atoms with Crippen LogP contribution in [0.3, 0.4) is 0 Å². The molecule has 0 spiro atoms. The van der Waals surface area contributed by atoms with E-state index in [0.29, 0.717) is 13.1 Å². The van der Waals surface area contributed by atoms with Crippen LogP contribution >= 0.6 is 0 Å². The molecule has 0 saturated carbocycles. The third-order valence-corrected chi connectivity index (χ3v) is 4.59. The summed E-state index contributed by atoms with van der Waals surface area (Å²) in [5, 5.41) is 13.5. The van der Waals surface area contributed by atoms with Gasteiger partial charge in [0.2, 0.25) is 0 Å². The van der Waals surface area contributed by atoms with Gasteiger partial charge in [-0.15, -0.1) is 0 Å². The van der Waals surface area contributed by atoms with Gasteiger partial charge in [0.1, 0.15) is 18.2 Å². The molecule has 3 aromatic rings. The van der Waals surface area contributed by atoms with Gasteiger partial charge in [-0.05, 0) is 30.2 Å². The zero-order valence-electron chi connectivity index (χ0n) is 15.9. The Morgan fingerprint density at radius 3 is 2.96 bits per heavy atom. The number of ether oxygens (including phenoxy) is 1. The maximum atomic E-state index is 5.99. The van der Waals surface area contributed by atoms with Crippen molar-refractivity contribution in [3.63, 3.8) is 0 Å². The summed E-state index contributed by atoms with van der Waals surface area (Å²) in [4.78, 5) is 8.91. The fraction of sp³-hybridized carbons (Fsp3) is 0.286. The Labute approximate surface area is 164 Å². The molecule has 1 atom stereocenters. The number of hydrogen-bond acceptors (Lipinski definition) is 4. The number of aliphatic imine (C=N–C) groups is 1. The van der Waals surface area contributed by atoms with Crippen LogP contribution in [0.25, 0.3) is 11.4 Å². The molecule has 0 fully saturated rings. The molecule has 7 heteroatoms. The predicted molar refractivity (Wildman–Crippen MR) is 109 cm³/mol. The number of aromatic nitrogens is 3. The third-order valence-electron chi connectivity index (χ3n) is 4.59. The van der Waals surface area contributed by atoms with E-state index in [2.05, 4.69) is 57.0 Å². The highest BCUT2D eigenvalue weighted by atomic mass is 16.5. The van der Waals surface area contributed by atoms with Gasteiger partial charge in [-0.1, -0.05) is 36.4 Å². The second kappa shape index (κ2) is 8.56. The number of hydrogen-bond donors (Lipinski definition) is 3. The number of guanidine groups is 1. The number of nitrogens with one attached hydrogen (secondary N) is 3. The second-order valence-corrected chi connectivity index (χ2v) is 6.66. The van der Waals surface area contributed by atoms with Gasteiger partial charge in [0.25, 0.3) is 0 Å². The molecule has 2 heterocycles. The zero-order chi connectivity index (χ0) is 19.2. The Kier molecular flexibility index (Phi) is 5.51. The average molecular weight is 376 g/mol. The highest BCUT2D eigenvalue weighted by Crippen LogP contribution is 2.27. The predicted octanol–water partition coefficient (Wildman–Crippen LogP) is 2.53. The van der Waals surface area contributed by atoms with E-state index < -0.39 is 0 Å². The fourth-order valence-electron chi connectivity index (χ4n) is 3.25. The summed E-state index contributed by atoms with van der Waals surface area (Å²) in [5.74, 6) is 2.53. The molecule has 0 amide bonds. The first kappa shape index (κ1) is 18.0. The van der Waals surface area contributed by atoms with Gasteiger partial charge < -0.3 is 15.4 Å². The molecular weight excluding hydrogens is 352 g/mol. The molecule has 0 saturated heterocycles. The van der Waals surface area contributed by atoms with E-state index in [-0.39, 0.29) is 6.10 Å². The van der Waals surface area contributed by atoms with E-state index in [0.717, 1.165) is 41.6 Å². The first-order chi connectivity index (χ1) is 13.8. The highest BCUT2D eigenvalue weighted by Gasteiger charge is 2.22. The van der Waals surface area contributed by atoms with Crippen LogP contribution in [0.1, 0.15) is 18.1 Å². The quantitative estimate of drug-likeness (QED) is 0.455. The average Bonchev–Trinajstić information content (AvgIpc) is 3.40. The van der Waals surface area contributed by atoms with Gasteiger partial charge in [0.05, 0.1) is 13.1 Å². The first-order valence-electron chi connectivity index (χ1n) is 9.53. The van der Waals surface area contributed by atoms with Crippen LogP contribution in [0.5, 0.6) is 5.75 Å². The highest BCUT2D eigenvalue weighted by molar-refractivity contribution is 5.79. The van der Waals surface area contributed by atoms with Gasteiger partial charge in [0, 0.05) is 18.5 Å². The molecule has 1 aliphatic rings. The summed E-state index contributed by atoms with van der Waals surface area (Å²) < 4.78 is 5.99. The summed E-state index contributed by atoms with van der Waals surface area (Å²) in [6.07, 6.45) is 2.55. The number of aromatic amines is 1. The number of nitrogens with zero attached hydrogens (tertiary/aromatic N) is 3. The number of benzene rings is 2. The molecule has 0 aliphatic carbocycles. The number of fused-ring (bicyclic) bond motifs is 1. The third kappa shape index (κ3) is 4.31. The fourth-order valence-corrected chi connectivity index (χ4v) is 3.25. The van der Waals surface area contributed by atoms with Crippen LogP contribution in [-0.2, 0) is 13.0 Å². The van der Waals surface area contributed by atoms with Crippen LogP contribution in [0, 0.1) is 0 Å². The molecule has 1 aromatic heterocycles. The van der Waals surface area contributed by atoms with Crippen molar-refractivity contribution < 1.29 is 4.74 Å². The normalized spacial score (nSPS) is 15.8. The summed E-state index contributed by atoms with van der Waals surface area (Å²) in [6, 6.07) is 16.3.